The fourth-order valence-electron chi connectivity index (χ4n) is 1.39. The van der Waals surface area contributed by atoms with Crippen LogP contribution >= 0.6 is 11.6 Å². The summed E-state index contributed by atoms with van der Waals surface area (Å²) in [4.78, 5) is 0. The van der Waals surface area contributed by atoms with Crippen molar-refractivity contribution in [2.45, 2.75) is 39.7 Å². The lowest BCUT2D eigenvalue weighted by atomic mass is 9.86. The van der Waals surface area contributed by atoms with Gasteiger partial charge in [-0.05, 0) is 37.0 Å². The monoisotopic (exact) mass is 226 g/mol. The Morgan fingerprint density at radius 2 is 2.00 bits per heavy atom. The number of halogens is 1. The van der Waals surface area contributed by atoms with Gasteiger partial charge in [0.25, 0.3) is 0 Å². The van der Waals surface area contributed by atoms with Gasteiger partial charge in [0.2, 0.25) is 0 Å². The zero-order valence-electron chi connectivity index (χ0n) is 9.84. The molecule has 0 heterocycles. The Bertz CT molecular complexity index is 342. The van der Waals surface area contributed by atoms with Crippen molar-refractivity contribution < 1.29 is 5.11 Å². The largest absolute Gasteiger partial charge is 0.390 e. The highest BCUT2D eigenvalue weighted by molar-refractivity contribution is 6.31. The van der Waals surface area contributed by atoms with Crippen LogP contribution in [0.4, 0.5) is 0 Å². The first-order valence-electron chi connectivity index (χ1n) is 5.30. The molecule has 15 heavy (non-hydrogen) atoms. The van der Waals surface area contributed by atoms with E-state index in [4.69, 9.17) is 11.6 Å². The van der Waals surface area contributed by atoms with Crippen molar-refractivity contribution in [2.24, 2.45) is 5.92 Å². The van der Waals surface area contributed by atoms with Crippen molar-refractivity contribution in [3.05, 3.63) is 34.3 Å². The van der Waals surface area contributed by atoms with E-state index in [1.54, 1.807) is 0 Å². The lowest BCUT2D eigenvalue weighted by Gasteiger charge is -2.28. The fourth-order valence-corrected chi connectivity index (χ4v) is 1.69. The second-order valence-corrected chi connectivity index (χ2v) is 5.19. The van der Waals surface area contributed by atoms with E-state index < -0.39 is 5.60 Å². The first-order valence-corrected chi connectivity index (χ1v) is 5.68. The molecular formula is C13H19ClO. The lowest BCUT2D eigenvalue weighted by Crippen LogP contribution is -2.33. The Hall–Kier alpha value is -0.530. The van der Waals surface area contributed by atoms with Crippen molar-refractivity contribution >= 4 is 11.6 Å². The highest BCUT2D eigenvalue weighted by Gasteiger charge is 2.25. The van der Waals surface area contributed by atoms with E-state index in [1.165, 1.54) is 0 Å². The third kappa shape index (κ3) is 3.22. The van der Waals surface area contributed by atoms with Crippen LogP contribution in [-0.4, -0.2) is 10.7 Å². The van der Waals surface area contributed by atoms with Gasteiger partial charge in [0.1, 0.15) is 0 Å². The lowest BCUT2D eigenvalue weighted by molar-refractivity contribution is 0.0140. The molecule has 1 rings (SSSR count). The van der Waals surface area contributed by atoms with Gasteiger partial charge in [-0.2, -0.15) is 0 Å². The van der Waals surface area contributed by atoms with E-state index >= 15 is 0 Å². The molecule has 0 fully saturated rings. The molecule has 0 saturated heterocycles. The summed E-state index contributed by atoms with van der Waals surface area (Å²) >= 11 is 6.13. The van der Waals surface area contributed by atoms with E-state index in [2.05, 4.69) is 0 Å². The van der Waals surface area contributed by atoms with E-state index in [-0.39, 0.29) is 5.92 Å². The van der Waals surface area contributed by atoms with Crippen molar-refractivity contribution in [2.75, 3.05) is 0 Å². The highest BCUT2D eigenvalue weighted by atomic mass is 35.5. The summed E-state index contributed by atoms with van der Waals surface area (Å²) in [6.45, 7) is 7.90. The maximum atomic E-state index is 10.2. The van der Waals surface area contributed by atoms with Crippen LogP contribution in [0.25, 0.3) is 0 Å². The van der Waals surface area contributed by atoms with Crippen LogP contribution in [0.5, 0.6) is 0 Å². The number of aryl methyl sites for hydroxylation is 1. The molecule has 0 aliphatic carbocycles. The van der Waals surface area contributed by atoms with Crippen LogP contribution in [-0.2, 0) is 6.42 Å². The Balaban J connectivity index is 2.90. The van der Waals surface area contributed by atoms with Crippen LogP contribution < -0.4 is 0 Å². The molecule has 0 spiro atoms. The Labute approximate surface area is 97.1 Å². The minimum Gasteiger partial charge on any atom is -0.390 e. The van der Waals surface area contributed by atoms with E-state index in [0.29, 0.717) is 6.42 Å². The fraction of sp³-hybridized carbons (Fsp3) is 0.538. The molecule has 0 amide bonds. The Morgan fingerprint density at radius 1 is 1.40 bits per heavy atom. The van der Waals surface area contributed by atoms with Crippen molar-refractivity contribution in [1.29, 1.82) is 0 Å². The standard InChI is InChI=1S/C13H19ClO/c1-9(2)13(4,15)8-11-6-5-10(3)7-12(11)14/h5-7,9,15H,8H2,1-4H3. The predicted molar refractivity (Wildman–Crippen MR) is 65.4 cm³/mol. The molecule has 0 saturated carbocycles. The van der Waals surface area contributed by atoms with Crippen LogP contribution in [0.15, 0.2) is 18.2 Å². The molecule has 84 valence electrons. The van der Waals surface area contributed by atoms with Gasteiger partial charge in [0, 0.05) is 11.4 Å². The zero-order valence-corrected chi connectivity index (χ0v) is 10.6. The van der Waals surface area contributed by atoms with Crippen LogP contribution in [0.1, 0.15) is 31.9 Å². The molecular weight excluding hydrogens is 208 g/mol. The summed E-state index contributed by atoms with van der Waals surface area (Å²) in [6, 6.07) is 5.96. The van der Waals surface area contributed by atoms with Crippen molar-refractivity contribution in [3.63, 3.8) is 0 Å². The van der Waals surface area contributed by atoms with Gasteiger partial charge in [0.05, 0.1) is 5.60 Å². The van der Waals surface area contributed by atoms with Gasteiger partial charge < -0.3 is 5.11 Å². The Kier molecular flexibility index (Phi) is 3.80. The minimum atomic E-state index is -0.696. The summed E-state index contributed by atoms with van der Waals surface area (Å²) < 4.78 is 0. The van der Waals surface area contributed by atoms with Crippen LogP contribution in [0, 0.1) is 12.8 Å². The third-order valence-corrected chi connectivity index (χ3v) is 3.35. The topological polar surface area (TPSA) is 20.2 Å². The van der Waals surface area contributed by atoms with E-state index in [0.717, 1.165) is 16.1 Å². The number of hydrogen-bond acceptors (Lipinski definition) is 1. The summed E-state index contributed by atoms with van der Waals surface area (Å²) in [6.07, 6.45) is 0.601. The molecule has 0 aromatic heterocycles. The molecule has 1 nitrogen and oxygen atoms in total. The summed E-state index contributed by atoms with van der Waals surface area (Å²) in [7, 11) is 0. The van der Waals surface area contributed by atoms with Gasteiger partial charge in [-0.15, -0.1) is 0 Å². The molecule has 0 aliphatic rings. The molecule has 1 atom stereocenters. The molecule has 1 aromatic carbocycles. The number of aliphatic hydroxyl groups is 1. The SMILES string of the molecule is Cc1ccc(CC(C)(O)C(C)C)c(Cl)c1. The number of hydrogen-bond donors (Lipinski definition) is 1. The second-order valence-electron chi connectivity index (χ2n) is 4.78. The molecule has 1 unspecified atom stereocenters. The minimum absolute atomic E-state index is 0.217. The maximum absolute atomic E-state index is 10.2. The summed E-state index contributed by atoms with van der Waals surface area (Å²) in [5.41, 5.74) is 1.47. The van der Waals surface area contributed by atoms with Gasteiger partial charge in [-0.1, -0.05) is 37.6 Å². The smallest absolute Gasteiger partial charge is 0.0683 e. The molecule has 0 radical (unpaired) electrons. The van der Waals surface area contributed by atoms with E-state index in [9.17, 15) is 5.11 Å². The average Bonchev–Trinajstić information content (AvgIpc) is 2.09. The maximum Gasteiger partial charge on any atom is 0.0683 e. The Morgan fingerprint density at radius 3 is 2.47 bits per heavy atom. The molecule has 1 aromatic rings. The summed E-state index contributed by atoms with van der Waals surface area (Å²) in [5, 5.41) is 10.9. The number of benzene rings is 1. The second kappa shape index (κ2) is 4.54. The van der Waals surface area contributed by atoms with Crippen molar-refractivity contribution in [1.82, 2.24) is 0 Å². The molecule has 2 heteroatoms. The normalized spacial score (nSPS) is 15.4. The molecule has 0 bridgehead atoms. The predicted octanol–water partition coefficient (Wildman–Crippen LogP) is 3.60. The van der Waals surface area contributed by atoms with Crippen LogP contribution in [0.2, 0.25) is 5.02 Å². The zero-order chi connectivity index (χ0) is 11.6. The first kappa shape index (κ1) is 12.5. The highest BCUT2D eigenvalue weighted by Crippen LogP contribution is 2.26. The van der Waals surface area contributed by atoms with Gasteiger partial charge in [-0.3, -0.25) is 0 Å². The third-order valence-electron chi connectivity index (χ3n) is 3.00. The van der Waals surface area contributed by atoms with Crippen molar-refractivity contribution in [3.8, 4) is 0 Å². The quantitative estimate of drug-likeness (QED) is 0.835. The average molecular weight is 227 g/mol. The van der Waals surface area contributed by atoms with Gasteiger partial charge in [0.15, 0.2) is 0 Å². The molecule has 0 aliphatic heterocycles. The number of rotatable bonds is 3. The van der Waals surface area contributed by atoms with E-state index in [1.807, 2.05) is 45.9 Å². The van der Waals surface area contributed by atoms with Crippen LogP contribution in [0.3, 0.4) is 0 Å². The van der Waals surface area contributed by atoms with Gasteiger partial charge >= 0.3 is 0 Å². The first-order chi connectivity index (χ1) is 6.83. The van der Waals surface area contributed by atoms with Gasteiger partial charge in [-0.25, -0.2) is 0 Å². The summed E-state index contributed by atoms with van der Waals surface area (Å²) in [5.74, 6) is 0.217. The molecule has 1 N–H and O–H groups in total.